The summed E-state index contributed by atoms with van der Waals surface area (Å²) in [5, 5.41) is 5.91. The molecule has 2 rings (SSSR count). The molecule has 0 radical (unpaired) electrons. The van der Waals surface area contributed by atoms with Crippen LogP contribution in [0.5, 0.6) is 0 Å². The molecule has 0 fully saturated rings. The van der Waals surface area contributed by atoms with Gasteiger partial charge in [0.25, 0.3) is 0 Å². The normalized spacial score (nSPS) is 10.1. The molecule has 0 aliphatic rings. The number of amides is 2. The molecule has 6 heteroatoms. The van der Waals surface area contributed by atoms with Gasteiger partial charge >= 0.3 is 0 Å². The Bertz CT molecular complexity index is 597. The summed E-state index contributed by atoms with van der Waals surface area (Å²) >= 11 is 9.10. The number of carbonyl (C=O) groups excluding carboxylic acids is 2. The molecule has 0 atom stereocenters. The SMILES string of the molecule is O=C(Cc1ccc(Cl)cc1)NCC(=O)Nc1ccc(Br)cc1. The van der Waals surface area contributed by atoms with E-state index in [0.717, 1.165) is 10.0 Å². The molecular weight excluding hydrogens is 368 g/mol. The van der Waals surface area contributed by atoms with Crippen LogP contribution in [0.15, 0.2) is 53.0 Å². The van der Waals surface area contributed by atoms with Crippen molar-refractivity contribution in [2.45, 2.75) is 6.42 Å². The summed E-state index contributed by atoms with van der Waals surface area (Å²) in [4.78, 5) is 23.5. The number of rotatable bonds is 5. The van der Waals surface area contributed by atoms with Gasteiger partial charge in [-0.3, -0.25) is 9.59 Å². The maximum atomic E-state index is 11.8. The third-order valence-electron chi connectivity index (χ3n) is 2.85. The zero-order chi connectivity index (χ0) is 15.9. The molecule has 0 bridgehead atoms. The number of hydrogen-bond donors (Lipinski definition) is 2. The zero-order valence-corrected chi connectivity index (χ0v) is 13.9. The molecule has 4 nitrogen and oxygen atoms in total. The fraction of sp³-hybridized carbons (Fsp3) is 0.125. The minimum absolute atomic E-state index is 0.0670. The molecule has 0 saturated carbocycles. The second-order valence-corrected chi connectivity index (χ2v) is 5.99. The summed E-state index contributed by atoms with van der Waals surface area (Å²) in [6, 6.07) is 14.2. The van der Waals surface area contributed by atoms with Gasteiger partial charge < -0.3 is 10.6 Å². The predicted molar refractivity (Wildman–Crippen MR) is 90.9 cm³/mol. The third-order valence-corrected chi connectivity index (χ3v) is 3.63. The Balaban J connectivity index is 1.76. The highest BCUT2D eigenvalue weighted by molar-refractivity contribution is 9.10. The van der Waals surface area contributed by atoms with Crippen molar-refractivity contribution in [3.8, 4) is 0 Å². The molecule has 0 spiro atoms. The topological polar surface area (TPSA) is 58.2 Å². The van der Waals surface area contributed by atoms with Crippen molar-refractivity contribution in [1.82, 2.24) is 5.32 Å². The first-order chi connectivity index (χ1) is 10.5. The van der Waals surface area contributed by atoms with Crippen molar-refractivity contribution in [3.05, 3.63) is 63.6 Å². The first-order valence-electron chi connectivity index (χ1n) is 6.59. The minimum atomic E-state index is -0.272. The van der Waals surface area contributed by atoms with Gasteiger partial charge in [0, 0.05) is 15.2 Å². The Hall–Kier alpha value is -1.85. The lowest BCUT2D eigenvalue weighted by Gasteiger charge is -2.07. The van der Waals surface area contributed by atoms with Gasteiger partial charge in [0.05, 0.1) is 13.0 Å². The van der Waals surface area contributed by atoms with Crippen LogP contribution in [-0.4, -0.2) is 18.4 Å². The molecular formula is C16H14BrClN2O2. The fourth-order valence-electron chi connectivity index (χ4n) is 1.77. The van der Waals surface area contributed by atoms with Crippen molar-refractivity contribution in [2.75, 3.05) is 11.9 Å². The van der Waals surface area contributed by atoms with Crippen molar-refractivity contribution in [2.24, 2.45) is 0 Å². The third kappa shape index (κ3) is 5.50. The van der Waals surface area contributed by atoms with E-state index >= 15 is 0 Å². The highest BCUT2D eigenvalue weighted by Gasteiger charge is 2.07. The summed E-state index contributed by atoms with van der Waals surface area (Å²) in [7, 11) is 0. The molecule has 2 aromatic rings. The first-order valence-corrected chi connectivity index (χ1v) is 7.76. The Kier molecular flexibility index (Phi) is 5.98. The summed E-state index contributed by atoms with van der Waals surface area (Å²) in [6.45, 7) is -0.0670. The number of carbonyl (C=O) groups is 2. The number of nitrogens with one attached hydrogen (secondary N) is 2. The van der Waals surface area contributed by atoms with E-state index in [9.17, 15) is 9.59 Å². The van der Waals surface area contributed by atoms with E-state index in [4.69, 9.17) is 11.6 Å². The average Bonchev–Trinajstić information content (AvgIpc) is 2.50. The Morgan fingerprint density at radius 1 is 0.955 bits per heavy atom. The lowest BCUT2D eigenvalue weighted by Crippen LogP contribution is -2.33. The van der Waals surface area contributed by atoms with Crippen LogP contribution in [0, 0.1) is 0 Å². The first kappa shape index (κ1) is 16.5. The highest BCUT2D eigenvalue weighted by Crippen LogP contribution is 2.13. The number of hydrogen-bond acceptors (Lipinski definition) is 2. The fourth-order valence-corrected chi connectivity index (χ4v) is 2.16. The summed E-state index contributed by atoms with van der Waals surface area (Å²) < 4.78 is 0.932. The van der Waals surface area contributed by atoms with Crippen molar-refractivity contribution < 1.29 is 9.59 Å². The monoisotopic (exact) mass is 380 g/mol. The summed E-state index contributed by atoms with van der Waals surface area (Å²) in [6.07, 6.45) is 0.211. The predicted octanol–water partition coefficient (Wildman–Crippen LogP) is 3.40. The van der Waals surface area contributed by atoms with Crippen molar-refractivity contribution in [3.63, 3.8) is 0 Å². The quantitative estimate of drug-likeness (QED) is 0.834. The molecule has 0 saturated heterocycles. The molecule has 22 heavy (non-hydrogen) atoms. The molecule has 0 aliphatic carbocycles. The largest absolute Gasteiger partial charge is 0.347 e. The minimum Gasteiger partial charge on any atom is -0.347 e. The van der Waals surface area contributed by atoms with Crippen molar-refractivity contribution in [1.29, 1.82) is 0 Å². The second kappa shape index (κ2) is 7.96. The van der Waals surface area contributed by atoms with E-state index in [2.05, 4.69) is 26.6 Å². The maximum absolute atomic E-state index is 11.8. The van der Waals surface area contributed by atoms with Gasteiger partial charge in [0.15, 0.2) is 0 Å². The lowest BCUT2D eigenvalue weighted by atomic mass is 10.1. The van der Waals surface area contributed by atoms with E-state index in [1.54, 1.807) is 36.4 Å². The van der Waals surface area contributed by atoms with Gasteiger partial charge in [-0.1, -0.05) is 39.7 Å². The molecule has 0 unspecified atom stereocenters. The summed E-state index contributed by atoms with van der Waals surface area (Å²) in [5.74, 6) is -0.486. The zero-order valence-electron chi connectivity index (χ0n) is 11.6. The van der Waals surface area contributed by atoms with E-state index in [1.165, 1.54) is 0 Å². The number of halogens is 2. The molecule has 2 aromatic carbocycles. The standard InChI is InChI=1S/C16H14BrClN2O2/c17-12-3-7-14(8-4-12)20-16(22)10-19-15(21)9-11-1-5-13(18)6-2-11/h1-8H,9-10H2,(H,19,21)(H,20,22). The van der Waals surface area contributed by atoms with Gasteiger partial charge in [-0.25, -0.2) is 0 Å². The molecule has 0 aromatic heterocycles. The molecule has 0 heterocycles. The lowest BCUT2D eigenvalue weighted by molar-refractivity contribution is -0.123. The van der Waals surface area contributed by atoms with E-state index in [0.29, 0.717) is 10.7 Å². The molecule has 114 valence electrons. The maximum Gasteiger partial charge on any atom is 0.243 e. The van der Waals surface area contributed by atoms with Gasteiger partial charge in [0.2, 0.25) is 11.8 Å². The average molecular weight is 382 g/mol. The van der Waals surface area contributed by atoms with Crippen LogP contribution in [0.25, 0.3) is 0 Å². The second-order valence-electron chi connectivity index (χ2n) is 4.64. The van der Waals surface area contributed by atoms with Crippen LogP contribution in [-0.2, 0) is 16.0 Å². The Morgan fingerprint density at radius 3 is 2.23 bits per heavy atom. The van der Waals surface area contributed by atoms with E-state index in [-0.39, 0.29) is 24.8 Å². The molecule has 2 amide bonds. The van der Waals surface area contributed by atoms with Crippen LogP contribution in [0.1, 0.15) is 5.56 Å². The Labute approximate surface area is 142 Å². The number of benzene rings is 2. The molecule has 2 N–H and O–H groups in total. The van der Waals surface area contributed by atoms with E-state index in [1.807, 2.05) is 12.1 Å². The van der Waals surface area contributed by atoms with Crippen LogP contribution in [0.2, 0.25) is 5.02 Å². The van der Waals surface area contributed by atoms with Crippen LogP contribution < -0.4 is 10.6 Å². The van der Waals surface area contributed by atoms with Crippen molar-refractivity contribution >= 4 is 45.0 Å². The van der Waals surface area contributed by atoms with Crippen LogP contribution in [0.3, 0.4) is 0 Å². The van der Waals surface area contributed by atoms with Crippen LogP contribution >= 0.6 is 27.5 Å². The van der Waals surface area contributed by atoms with E-state index < -0.39 is 0 Å². The van der Waals surface area contributed by atoms with Gasteiger partial charge in [-0.2, -0.15) is 0 Å². The molecule has 0 aliphatic heterocycles. The smallest absolute Gasteiger partial charge is 0.243 e. The Morgan fingerprint density at radius 2 is 1.59 bits per heavy atom. The van der Waals surface area contributed by atoms with Gasteiger partial charge in [0.1, 0.15) is 0 Å². The van der Waals surface area contributed by atoms with Gasteiger partial charge in [-0.15, -0.1) is 0 Å². The summed E-state index contributed by atoms with van der Waals surface area (Å²) in [5.41, 5.74) is 1.52. The van der Waals surface area contributed by atoms with Crippen LogP contribution in [0.4, 0.5) is 5.69 Å². The van der Waals surface area contributed by atoms with Gasteiger partial charge in [-0.05, 0) is 42.0 Å². The highest BCUT2D eigenvalue weighted by atomic mass is 79.9. The number of anilines is 1.